The van der Waals surface area contributed by atoms with Crippen molar-refractivity contribution in [3.8, 4) is 6.07 Å². The third kappa shape index (κ3) is 3.24. The number of aromatic nitrogens is 1. The number of carbonyl (C=O) groups is 2. The Bertz CT molecular complexity index is 1250. The maximum atomic E-state index is 13.6. The Morgan fingerprint density at radius 2 is 1.90 bits per heavy atom. The van der Waals surface area contributed by atoms with Crippen LogP contribution in [-0.4, -0.2) is 29.2 Å². The summed E-state index contributed by atoms with van der Waals surface area (Å²) in [6.45, 7) is 0. The molecule has 3 aromatic rings. The van der Waals surface area contributed by atoms with E-state index in [4.69, 9.17) is 0 Å². The van der Waals surface area contributed by atoms with Crippen LogP contribution >= 0.6 is 0 Å². The predicted molar refractivity (Wildman–Crippen MR) is 115 cm³/mol. The van der Waals surface area contributed by atoms with Crippen molar-refractivity contribution in [1.82, 2.24) is 10.3 Å². The number of anilines is 1. The molecular weight excluding hydrogens is 390 g/mol. The van der Waals surface area contributed by atoms with Crippen LogP contribution < -0.4 is 10.2 Å². The van der Waals surface area contributed by atoms with E-state index in [1.807, 2.05) is 36.4 Å². The summed E-state index contributed by atoms with van der Waals surface area (Å²) in [7, 11) is 0. The highest BCUT2D eigenvalue weighted by Crippen LogP contribution is 2.44. The van der Waals surface area contributed by atoms with Crippen molar-refractivity contribution in [2.45, 2.75) is 18.6 Å². The Hall–Kier alpha value is -4.31. The van der Waals surface area contributed by atoms with E-state index >= 15 is 0 Å². The molecule has 2 amide bonds. The number of hydrogen-bond donors (Lipinski definition) is 1. The average Bonchev–Trinajstić information content (AvgIpc) is 3.15. The molecule has 0 bridgehead atoms. The summed E-state index contributed by atoms with van der Waals surface area (Å²) in [4.78, 5) is 36.3. The van der Waals surface area contributed by atoms with Gasteiger partial charge in [0.2, 0.25) is 6.17 Å². The first-order valence-corrected chi connectivity index (χ1v) is 9.85. The number of aliphatic imine (C=N–C) groups is 1. The van der Waals surface area contributed by atoms with Gasteiger partial charge < -0.3 is 10.2 Å². The summed E-state index contributed by atoms with van der Waals surface area (Å²) in [6.07, 6.45) is 4.13. The van der Waals surface area contributed by atoms with Crippen LogP contribution in [0.4, 0.5) is 5.69 Å². The molecule has 2 aromatic carbocycles. The fraction of sp³-hybridized carbons (Fsp3) is 0.125. The van der Waals surface area contributed by atoms with E-state index in [0.29, 0.717) is 23.1 Å². The maximum absolute atomic E-state index is 13.6. The first-order valence-electron chi connectivity index (χ1n) is 9.85. The Morgan fingerprint density at radius 1 is 1.13 bits per heavy atom. The molecule has 5 rings (SSSR count). The second kappa shape index (κ2) is 7.50. The third-order valence-corrected chi connectivity index (χ3v) is 5.54. The van der Waals surface area contributed by atoms with Gasteiger partial charge in [-0.15, -0.1) is 0 Å². The van der Waals surface area contributed by atoms with Gasteiger partial charge in [0.1, 0.15) is 0 Å². The zero-order valence-electron chi connectivity index (χ0n) is 16.4. The zero-order valence-corrected chi connectivity index (χ0v) is 16.4. The number of nitrogens with zero attached hydrogens (tertiary/aromatic N) is 4. The van der Waals surface area contributed by atoms with E-state index in [-0.39, 0.29) is 11.9 Å². The van der Waals surface area contributed by atoms with Crippen LogP contribution in [0, 0.1) is 11.3 Å². The predicted octanol–water partition coefficient (Wildman–Crippen LogP) is 2.77. The lowest BCUT2D eigenvalue weighted by atomic mass is 10.00. The number of nitriles is 1. The standard InChI is InChI=1S/C24H17N5O2/c25-13-15-10-18-12-20(16-4-2-1-3-5-16)29-21(18)19(11-15)14-27-22(24(29)31)28-23(30)17-6-8-26-9-7-17/h1-11,14,20,22H,12H2,(H,28,30). The molecule has 31 heavy (non-hydrogen) atoms. The van der Waals surface area contributed by atoms with Crippen LogP contribution in [0.1, 0.15) is 38.7 Å². The van der Waals surface area contributed by atoms with Crippen molar-refractivity contribution in [2.24, 2.45) is 4.99 Å². The van der Waals surface area contributed by atoms with E-state index in [1.54, 1.807) is 29.3 Å². The molecule has 2 aliphatic rings. The molecular formula is C24H17N5O2. The van der Waals surface area contributed by atoms with Gasteiger partial charge in [0.05, 0.1) is 23.4 Å². The van der Waals surface area contributed by atoms with Gasteiger partial charge in [-0.3, -0.25) is 19.6 Å². The molecule has 0 aliphatic carbocycles. The van der Waals surface area contributed by atoms with Gasteiger partial charge in [0, 0.05) is 29.7 Å². The quantitative estimate of drug-likeness (QED) is 0.722. The molecule has 2 unspecified atom stereocenters. The maximum Gasteiger partial charge on any atom is 0.272 e. The topological polar surface area (TPSA) is 98.5 Å². The molecule has 7 nitrogen and oxygen atoms in total. The molecule has 2 aliphatic heterocycles. The highest BCUT2D eigenvalue weighted by atomic mass is 16.2. The fourth-order valence-corrected chi connectivity index (χ4v) is 4.15. The van der Waals surface area contributed by atoms with E-state index in [1.165, 1.54) is 12.4 Å². The second-order valence-electron chi connectivity index (χ2n) is 7.41. The van der Waals surface area contributed by atoms with Crippen LogP contribution in [0.15, 0.2) is 72.0 Å². The molecule has 2 atom stereocenters. The van der Waals surface area contributed by atoms with E-state index in [2.05, 4.69) is 21.4 Å². The molecule has 1 N–H and O–H groups in total. The summed E-state index contributed by atoms with van der Waals surface area (Å²) in [5.74, 6) is -0.716. The van der Waals surface area contributed by atoms with Crippen molar-refractivity contribution in [3.63, 3.8) is 0 Å². The summed E-state index contributed by atoms with van der Waals surface area (Å²) < 4.78 is 0. The molecule has 0 saturated heterocycles. The van der Waals surface area contributed by atoms with Crippen LogP contribution in [0.2, 0.25) is 0 Å². The SMILES string of the molecule is N#Cc1cc2c3c(c1)CC(c1ccccc1)N3C(=O)C(NC(=O)c1ccncc1)N=C2. The van der Waals surface area contributed by atoms with Gasteiger partial charge in [-0.1, -0.05) is 30.3 Å². The first kappa shape index (κ1) is 18.7. The van der Waals surface area contributed by atoms with Gasteiger partial charge in [-0.25, -0.2) is 0 Å². The minimum Gasteiger partial charge on any atom is -0.322 e. The van der Waals surface area contributed by atoms with E-state index in [0.717, 1.165) is 16.8 Å². The number of amides is 2. The molecule has 150 valence electrons. The summed E-state index contributed by atoms with van der Waals surface area (Å²) in [5, 5.41) is 12.2. The molecule has 0 fully saturated rings. The Kier molecular flexibility index (Phi) is 4.53. The smallest absolute Gasteiger partial charge is 0.272 e. The number of pyridine rings is 1. The second-order valence-corrected chi connectivity index (χ2v) is 7.41. The summed E-state index contributed by atoms with van der Waals surface area (Å²) in [6, 6.07) is 18.4. The average molecular weight is 407 g/mol. The normalized spacial score (nSPS) is 18.8. The minimum atomic E-state index is -1.07. The number of hydrogen-bond acceptors (Lipinski definition) is 5. The van der Waals surface area contributed by atoms with Crippen LogP contribution in [-0.2, 0) is 11.2 Å². The molecule has 0 saturated carbocycles. The van der Waals surface area contributed by atoms with Crippen molar-refractivity contribution in [2.75, 3.05) is 4.90 Å². The highest BCUT2D eigenvalue weighted by Gasteiger charge is 2.41. The Labute approximate surface area is 178 Å². The Morgan fingerprint density at radius 3 is 2.65 bits per heavy atom. The lowest BCUT2D eigenvalue weighted by Gasteiger charge is -2.28. The Balaban J connectivity index is 1.57. The lowest BCUT2D eigenvalue weighted by Crippen LogP contribution is -2.47. The molecule has 0 spiro atoms. The summed E-state index contributed by atoms with van der Waals surface area (Å²) in [5.41, 5.74) is 4.26. The van der Waals surface area contributed by atoms with E-state index in [9.17, 15) is 14.9 Å². The minimum absolute atomic E-state index is 0.238. The molecule has 7 heteroatoms. The summed E-state index contributed by atoms with van der Waals surface area (Å²) >= 11 is 0. The number of benzene rings is 2. The van der Waals surface area contributed by atoms with Gasteiger partial charge in [-0.05, 0) is 41.8 Å². The number of nitrogens with one attached hydrogen (secondary N) is 1. The molecule has 0 radical (unpaired) electrons. The molecule has 1 aromatic heterocycles. The van der Waals surface area contributed by atoms with Crippen molar-refractivity contribution < 1.29 is 9.59 Å². The fourth-order valence-electron chi connectivity index (χ4n) is 4.15. The zero-order chi connectivity index (χ0) is 21.4. The van der Waals surface area contributed by atoms with Crippen LogP contribution in [0.5, 0.6) is 0 Å². The number of carbonyl (C=O) groups excluding carboxylic acids is 2. The van der Waals surface area contributed by atoms with Crippen molar-refractivity contribution in [1.29, 1.82) is 5.26 Å². The van der Waals surface area contributed by atoms with Gasteiger partial charge in [-0.2, -0.15) is 5.26 Å². The molecule has 3 heterocycles. The van der Waals surface area contributed by atoms with Gasteiger partial charge in [0.15, 0.2) is 0 Å². The largest absolute Gasteiger partial charge is 0.322 e. The van der Waals surface area contributed by atoms with Crippen LogP contribution in [0.25, 0.3) is 0 Å². The van der Waals surface area contributed by atoms with Gasteiger partial charge in [0.25, 0.3) is 11.8 Å². The van der Waals surface area contributed by atoms with Crippen molar-refractivity contribution in [3.05, 3.63) is 94.8 Å². The third-order valence-electron chi connectivity index (χ3n) is 5.54. The number of rotatable bonds is 3. The van der Waals surface area contributed by atoms with Crippen molar-refractivity contribution >= 4 is 23.7 Å². The highest BCUT2D eigenvalue weighted by molar-refractivity contribution is 6.09. The monoisotopic (exact) mass is 407 g/mol. The van der Waals surface area contributed by atoms with Gasteiger partial charge >= 0.3 is 0 Å². The van der Waals surface area contributed by atoms with E-state index < -0.39 is 12.1 Å². The lowest BCUT2D eigenvalue weighted by molar-refractivity contribution is -0.120. The first-order chi connectivity index (χ1) is 15.2. The van der Waals surface area contributed by atoms with Crippen LogP contribution in [0.3, 0.4) is 0 Å².